The topological polar surface area (TPSA) is 61.8 Å². The molecule has 1 fully saturated rings. The molecule has 2 N–H and O–H groups in total. The molecule has 162 valence electrons. The Balaban J connectivity index is 1.58. The highest BCUT2D eigenvalue weighted by Gasteiger charge is 2.16. The van der Waals surface area contributed by atoms with Crippen molar-refractivity contribution in [3.63, 3.8) is 0 Å². The number of rotatable bonds is 7. The number of hydrogen-bond donors (Lipinski definition) is 2. The zero-order valence-corrected chi connectivity index (χ0v) is 18.7. The third-order valence-corrected chi connectivity index (χ3v) is 5.32. The summed E-state index contributed by atoms with van der Waals surface area (Å²) in [5, 5.41) is 6.94. The first-order chi connectivity index (χ1) is 14.6. The summed E-state index contributed by atoms with van der Waals surface area (Å²) < 4.78 is 5.47. The number of morpholine rings is 1. The van der Waals surface area contributed by atoms with Crippen LogP contribution in [0.3, 0.4) is 0 Å². The third-order valence-electron chi connectivity index (χ3n) is 5.32. The van der Waals surface area contributed by atoms with Crippen molar-refractivity contribution in [3.05, 3.63) is 59.3 Å². The molecule has 1 aliphatic rings. The van der Waals surface area contributed by atoms with Gasteiger partial charge in [0, 0.05) is 38.4 Å². The molecule has 6 heteroatoms. The molecule has 0 aliphatic carbocycles. The maximum Gasteiger partial charge on any atom is 0.191 e. The molecule has 1 aliphatic heterocycles. The summed E-state index contributed by atoms with van der Waals surface area (Å²) in [7, 11) is 1.81. The van der Waals surface area contributed by atoms with Crippen LogP contribution in [0, 0.1) is 5.92 Å². The van der Waals surface area contributed by atoms with E-state index in [-0.39, 0.29) is 6.04 Å². The van der Waals surface area contributed by atoms with Crippen molar-refractivity contribution in [1.29, 1.82) is 0 Å². The van der Waals surface area contributed by atoms with Crippen molar-refractivity contribution in [2.24, 2.45) is 10.9 Å². The number of pyridine rings is 1. The predicted octanol–water partition coefficient (Wildman–Crippen LogP) is 3.54. The lowest BCUT2D eigenvalue weighted by atomic mass is 10.00. The van der Waals surface area contributed by atoms with Gasteiger partial charge in [-0.3, -0.25) is 4.99 Å². The van der Waals surface area contributed by atoms with Crippen LogP contribution < -0.4 is 15.5 Å². The lowest BCUT2D eigenvalue weighted by Crippen LogP contribution is -2.40. The quantitative estimate of drug-likeness (QED) is 0.541. The summed E-state index contributed by atoms with van der Waals surface area (Å²) in [6.45, 7) is 10.6. The molecule has 6 nitrogen and oxygen atoms in total. The summed E-state index contributed by atoms with van der Waals surface area (Å²) in [5.74, 6) is 2.48. The number of aliphatic imine (C=N–C) groups is 1. The van der Waals surface area contributed by atoms with Gasteiger partial charge in [-0.25, -0.2) is 4.98 Å². The van der Waals surface area contributed by atoms with E-state index in [0.29, 0.717) is 12.5 Å². The Kier molecular flexibility index (Phi) is 8.08. The molecule has 1 unspecified atom stereocenters. The summed E-state index contributed by atoms with van der Waals surface area (Å²) in [4.78, 5) is 11.3. The Morgan fingerprint density at radius 1 is 1.13 bits per heavy atom. The SMILES string of the molecule is CN=C(NCc1cccnc1N1CCOCC1)NC(C)c1ccc(CC(C)C)cc1. The number of guanidine groups is 1. The van der Waals surface area contributed by atoms with Crippen LogP contribution in [0.25, 0.3) is 0 Å². The van der Waals surface area contributed by atoms with E-state index in [1.807, 2.05) is 12.3 Å². The van der Waals surface area contributed by atoms with Gasteiger partial charge in [-0.05, 0) is 36.5 Å². The number of nitrogens with zero attached hydrogens (tertiary/aromatic N) is 3. The summed E-state index contributed by atoms with van der Waals surface area (Å²) >= 11 is 0. The largest absolute Gasteiger partial charge is 0.378 e. The summed E-state index contributed by atoms with van der Waals surface area (Å²) in [5.41, 5.74) is 3.80. The average Bonchev–Trinajstić information content (AvgIpc) is 2.77. The molecular weight excluding hydrogens is 374 g/mol. The fourth-order valence-electron chi connectivity index (χ4n) is 3.70. The molecule has 2 aromatic rings. The van der Waals surface area contributed by atoms with E-state index in [9.17, 15) is 0 Å². The van der Waals surface area contributed by atoms with Crippen LogP contribution in [0.4, 0.5) is 5.82 Å². The zero-order valence-electron chi connectivity index (χ0n) is 18.7. The molecule has 3 rings (SSSR count). The highest BCUT2D eigenvalue weighted by Crippen LogP contribution is 2.19. The van der Waals surface area contributed by atoms with Crippen LogP contribution in [0.5, 0.6) is 0 Å². The van der Waals surface area contributed by atoms with Gasteiger partial charge in [0.1, 0.15) is 5.82 Å². The van der Waals surface area contributed by atoms with Crippen LogP contribution in [0.15, 0.2) is 47.6 Å². The van der Waals surface area contributed by atoms with E-state index < -0.39 is 0 Å². The number of anilines is 1. The Labute approximate surface area is 180 Å². The average molecular weight is 410 g/mol. The van der Waals surface area contributed by atoms with E-state index >= 15 is 0 Å². The van der Waals surface area contributed by atoms with Gasteiger partial charge in [0.2, 0.25) is 0 Å². The molecule has 1 aromatic carbocycles. The minimum Gasteiger partial charge on any atom is -0.378 e. The van der Waals surface area contributed by atoms with Gasteiger partial charge in [-0.2, -0.15) is 0 Å². The van der Waals surface area contributed by atoms with Crippen molar-refractivity contribution in [2.45, 2.75) is 39.8 Å². The Hall–Kier alpha value is -2.60. The van der Waals surface area contributed by atoms with E-state index in [2.05, 4.69) is 76.6 Å². The molecule has 0 saturated carbocycles. The second-order valence-corrected chi connectivity index (χ2v) is 8.22. The molecule has 2 heterocycles. The second kappa shape index (κ2) is 11.0. The van der Waals surface area contributed by atoms with Crippen molar-refractivity contribution >= 4 is 11.8 Å². The number of hydrogen-bond acceptors (Lipinski definition) is 4. The molecular formula is C24H35N5O. The summed E-state index contributed by atoms with van der Waals surface area (Å²) in [6, 6.07) is 13.1. The molecule has 0 amide bonds. The van der Waals surface area contributed by atoms with Gasteiger partial charge in [-0.15, -0.1) is 0 Å². The van der Waals surface area contributed by atoms with Gasteiger partial charge < -0.3 is 20.3 Å². The van der Waals surface area contributed by atoms with Gasteiger partial charge >= 0.3 is 0 Å². The van der Waals surface area contributed by atoms with Crippen LogP contribution in [0.1, 0.15) is 43.5 Å². The van der Waals surface area contributed by atoms with Crippen LogP contribution >= 0.6 is 0 Å². The first-order valence-corrected chi connectivity index (χ1v) is 10.9. The van der Waals surface area contributed by atoms with Gasteiger partial charge in [-0.1, -0.05) is 44.2 Å². The Morgan fingerprint density at radius 2 is 1.87 bits per heavy atom. The van der Waals surface area contributed by atoms with Crippen LogP contribution in [-0.4, -0.2) is 44.3 Å². The standard InChI is InChI=1S/C24H35N5O/c1-18(2)16-20-7-9-21(10-8-20)19(3)28-24(25-4)27-17-22-6-5-11-26-23(22)29-12-14-30-15-13-29/h5-11,18-19H,12-17H2,1-4H3,(H2,25,27,28). The number of aromatic nitrogens is 1. The molecule has 1 saturated heterocycles. The lowest BCUT2D eigenvalue weighted by molar-refractivity contribution is 0.122. The van der Waals surface area contributed by atoms with Crippen molar-refractivity contribution < 1.29 is 4.74 Å². The van der Waals surface area contributed by atoms with E-state index in [1.54, 1.807) is 7.05 Å². The Bertz CT molecular complexity index is 813. The summed E-state index contributed by atoms with van der Waals surface area (Å²) in [6.07, 6.45) is 2.97. The zero-order chi connectivity index (χ0) is 21.3. The second-order valence-electron chi connectivity index (χ2n) is 8.22. The molecule has 0 spiro atoms. The van der Waals surface area contributed by atoms with Crippen molar-refractivity contribution in [2.75, 3.05) is 38.3 Å². The fraction of sp³-hybridized carbons (Fsp3) is 0.500. The minimum atomic E-state index is 0.164. The smallest absolute Gasteiger partial charge is 0.191 e. The van der Waals surface area contributed by atoms with E-state index in [0.717, 1.165) is 50.1 Å². The maximum absolute atomic E-state index is 5.47. The first kappa shape index (κ1) is 22.1. The van der Waals surface area contributed by atoms with Crippen LogP contribution in [0.2, 0.25) is 0 Å². The van der Waals surface area contributed by atoms with Gasteiger partial charge in [0.15, 0.2) is 5.96 Å². The molecule has 1 aromatic heterocycles. The van der Waals surface area contributed by atoms with Gasteiger partial charge in [0.05, 0.1) is 19.3 Å². The molecule has 0 bridgehead atoms. The highest BCUT2D eigenvalue weighted by molar-refractivity contribution is 5.80. The number of benzene rings is 1. The minimum absolute atomic E-state index is 0.164. The van der Waals surface area contributed by atoms with Crippen molar-refractivity contribution in [1.82, 2.24) is 15.6 Å². The number of nitrogens with one attached hydrogen (secondary N) is 2. The Morgan fingerprint density at radius 3 is 2.53 bits per heavy atom. The lowest BCUT2D eigenvalue weighted by Gasteiger charge is -2.29. The molecule has 0 radical (unpaired) electrons. The fourth-order valence-corrected chi connectivity index (χ4v) is 3.70. The predicted molar refractivity (Wildman–Crippen MR) is 124 cm³/mol. The molecule has 1 atom stereocenters. The monoisotopic (exact) mass is 409 g/mol. The van der Waals surface area contributed by atoms with Crippen LogP contribution in [-0.2, 0) is 17.7 Å². The van der Waals surface area contributed by atoms with E-state index in [1.165, 1.54) is 11.1 Å². The normalized spacial score (nSPS) is 15.9. The first-order valence-electron chi connectivity index (χ1n) is 10.9. The number of ether oxygens (including phenoxy) is 1. The van der Waals surface area contributed by atoms with Gasteiger partial charge in [0.25, 0.3) is 0 Å². The maximum atomic E-state index is 5.47. The molecule has 30 heavy (non-hydrogen) atoms. The highest BCUT2D eigenvalue weighted by atomic mass is 16.5. The third kappa shape index (κ3) is 6.20. The van der Waals surface area contributed by atoms with Crippen molar-refractivity contribution in [3.8, 4) is 0 Å². The van der Waals surface area contributed by atoms with E-state index in [4.69, 9.17) is 4.74 Å².